The van der Waals surface area contributed by atoms with Crippen molar-refractivity contribution in [2.24, 2.45) is 0 Å². The number of anilines is 1. The van der Waals surface area contributed by atoms with Crippen LogP contribution in [0.25, 0.3) is 0 Å². The Morgan fingerprint density at radius 3 is 2.02 bits per heavy atom. The van der Waals surface area contributed by atoms with Gasteiger partial charge < -0.3 is 14.4 Å². The second-order valence-corrected chi connectivity index (χ2v) is 12.4. The van der Waals surface area contributed by atoms with Gasteiger partial charge in [0.25, 0.3) is 0 Å². The number of hydrogen-bond acceptors (Lipinski definition) is 6. The van der Waals surface area contributed by atoms with Crippen molar-refractivity contribution in [2.75, 3.05) is 32.1 Å². The summed E-state index contributed by atoms with van der Waals surface area (Å²) in [5.41, 5.74) is 9.73. The molecule has 5 rings (SSSR count). The lowest BCUT2D eigenvalue weighted by atomic mass is 9.76. The minimum atomic E-state index is -4.92. The maximum absolute atomic E-state index is 13.8. The van der Waals surface area contributed by atoms with Crippen LogP contribution in [-0.2, 0) is 26.0 Å². The summed E-state index contributed by atoms with van der Waals surface area (Å²) in [4.78, 5) is 18.4. The van der Waals surface area contributed by atoms with Crippen LogP contribution in [-0.4, -0.2) is 65.7 Å². The molecule has 9 heteroatoms. The van der Waals surface area contributed by atoms with Crippen LogP contribution in [0.15, 0.2) is 83.2 Å². The van der Waals surface area contributed by atoms with Crippen molar-refractivity contribution in [2.45, 2.75) is 52.4 Å². The number of benzene rings is 2. The number of fused-ring (bicyclic) bond motifs is 2. The Morgan fingerprint density at radius 2 is 1.49 bits per heavy atom. The van der Waals surface area contributed by atoms with Crippen molar-refractivity contribution in [3.8, 4) is 0 Å². The lowest BCUT2D eigenvalue weighted by Crippen LogP contribution is -2.37. The Kier molecular flexibility index (Phi) is 7.94. The van der Waals surface area contributed by atoms with Crippen LogP contribution in [0.5, 0.6) is 0 Å². The smallest absolute Gasteiger partial charge is 0.215 e. The molecule has 0 atom stereocenters. The molecule has 0 unspecified atom stereocenters. The summed E-state index contributed by atoms with van der Waals surface area (Å²) in [7, 11) is -0.694. The first-order chi connectivity index (χ1) is 19.1. The molecule has 0 saturated carbocycles. The molecular formula is C32H39N3O5S. The van der Waals surface area contributed by atoms with Crippen LogP contribution in [0.3, 0.4) is 0 Å². The highest BCUT2D eigenvalue weighted by Gasteiger charge is 2.46. The van der Waals surface area contributed by atoms with Crippen molar-refractivity contribution in [1.82, 2.24) is 4.90 Å². The topological polar surface area (TPSA) is 104 Å². The fraction of sp³-hybridized carbons (Fsp3) is 0.375. The zero-order valence-corrected chi connectivity index (χ0v) is 25.8. The normalized spacial score (nSPS) is 20.6. The third-order valence-corrected chi connectivity index (χ3v) is 8.52. The Hall–Kier alpha value is -3.53. The van der Waals surface area contributed by atoms with Crippen LogP contribution in [0.4, 0.5) is 11.4 Å². The number of Topliss-reactive ketones (excluding diaryl/α,β-unsaturated/α-hetero) is 1. The quantitative estimate of drug-likeness (QED) is 0.228. The van der Waals surface area contributed by atoms with E-state index in [-0.39, 0.29) is 16.6 Å². The fourth-order valence-corrected chi connectivity index (χ4v) is 6.38. The van der Waals surface area contributed by atoms with Crippen molar-refractivity contribution in [3.63, 3.8) is 0 Å². The molecule has 1 aliphatic carbocycles. The molecule has 0 radical (unpaired) electrons. The third kappa shape index (κ3) is 5.29. The van der Waals surface area contributed by atoms with Crippen molar-refractivity contribution in [3.05, 3.63) is 94.4 Å². The summed E-state index contributed by atoms with van der Waals surface area (Å²) in [5.74, 6) is 0.136. The first kappa shape index (κ1) is 30.4. The van der Waals surface area contributed by atoms with Gasteiger partial charge in [-0.15, -0.1) is 0 Å². The third-order valence-electron chi connectivity index (χ3n) is 8.52. The lowest BCUT2D eigenvalue weighted by Gasteiger charge is -2.35. The number of carbonyl (C=O) groups excluding carboxylic acids is 1. The Balaban J connectivity index is 0.000000714. The highest BCUT2D eigenvalue weighted by molar-refractivity contribution is 7.79. The molecule has 0 fully saturated rings. The number of nitrogens with zero attached hydrogens (tertiary/aromatic N) is 3. The molecule has 0 spiro atoms. The largest absolute Gasteiger partial charge is 0.726 e. The van der Waals surface area contributed by atoms with E-state index in [0.717, 1.165) is 41.3 Å². The molecule has 3 aliphatic rings. The van der Waals surface area contributed by atoms with E-state index in [4.69, 9.17) is 17.5 Å². The molecule has 0 bridgehead atoms. The van der Waals surface area contributed by atoms with E-state index in [0.29, 0.717) is 0 Å². The van der Waals surface area contributed by atoms with Gasteiger partial charge >= 0.3 is 0 Å². The standard InChI is InChI=1S/C32H38N3O.H2O4S/c1-9-35(10-2)29-21(19-27-31(3,4)23-15-11-13-17-25(23)33(27)7)30(36)22(29)20-28-32(5,6)24-16-12-14-18-26(24)34(28)8;1-5(2,3)4/h11-20H,9-10H2,1-8H3;(H2,1,2,3,4)/q+1;/p-1. The molecule has 218 valence electrons. The van der Waals surface area contributed by atoms with E-state index in [1.807, 2.05) is 0 Å². The van der Waals surface area contributed by atoms with E-state index < -0.39 is 10.4 Å². The summed E-state index contributed by atoms with van der Waals surface area (Å²) < 4.78 is 35.1. The van der Waals surface area contributed by atoms with Gasteiger partial charge in [-0.25, -0.2) is 8.42 Å². The first-order valence-electron chi connectivity index (χ1n) is 13.8. The molecule has 0 aromatic heterocycles. The minimum Gasteiger partial charge on any atom is -0.726 e. The minimum absolute atomic E-state index is 0.136. The number of rotatable bonds is 5. The highest BCUT2D eigenvalue weighted by atomic mass is 32.3. The molecule has 2 aromatic rings. The van der Waals surface area contributed by atoms with Gasteiger partial charge in [-0.1, -0.05) is 50.2 Å². The predicted octanol–water partition coefficient (Wildman–Crippen LogP) is 5.11. The second kappa shape index (κ2) is 10.7. The van der Waals surface area contributed by atoms with Crippen molar-refractivity contribution >= 4 is 33.3 Å². The average Bonchev–Trinajstić information content (AvgIpc) is 3.22. The van der Waals surface area contributed by atoms with Gasteiger partial charge in [0.2, 0.25) is 16.1 Å². The van der Waals surface area contributed by atoms with Gasteiger partial charge in [0.15, 0.2) is 11.5 Å². The molecule has 0 saturated heterocycles. The van der Waals surface area contributed by atoms with Gasteiger partial charge in [0, 0.05) is 60.2 Å². The van der Waals surface area contributed by atoms with Gasteiger partial charge in [-0.2, -0.15) is 4.58 Å². The summed E-state index contributed by atoms with van der Waals surface area (Å²) in [5, 5.41) is 0. The fourth-order valence-electron chi connectivity index (χ4n) is 6.38. The van der Waals surface area contributed by atoms with E-state index in [1.165, 1.54) is 22.5 Å². The molecule has 2 aromatic carbocycles. The number of hydrogen-bond donors (Lipinski definition) is 1. The second-order valence-electron chi connectivity index (χ2n) is 11.6. The maximum Gasteiger partial charge on any atom is 0.215 e. The van der Waals surface area contributed by atoms with E-state index in [1.54, 1.807) is 0 Å². The Labute approximate surface area is 243 Å². The van der Waals surface area contributed by atoms with Crippen molar-refractivity contribution in [1.29, 1.82) is 0 Å². The van der Waals surface area contributed by atoms with E-state index in [2.05, 4.69) is 131 Å². The van der Waals surface area contributed by atoms with Gasteiger partial charge in [0.05, 0.1) is 16.7 Å². The molecular weight excluding hydrogens is 538 g/mol. The molecule has 2 heterocycles. The summed E-state index contributed by atoms with van der Waals surface area (Å²) >= 11 is 0. The van der Waals surface area contributed by atoms with E-state index in [9.17, 15) is 4.79 Å². The van der Waals surface area contributed by atoms with Gasteiger partial charge in [0.1, 0.15) is 7.05 Å². The predicted molar refractivity (Wildman–Crippen MR) is 162 cm³/mol. The molecule has 41 heavy (non-hydrogen) atoms. The Bertz CT molecular complexity index is 1630. The molecule has 2 aliphatic heterocycles. The number of para-hydroxylation sites is 2. The zero-order chi connectivity index (χ0) is 30.5. The lowest BCUT2D eigenvalue weighted by molar-refractivity contribution is -0.401. The van der Waals surface area contributed by atoms with Crippen molar-refractivity contribution < 1.29 is 26.9 Å². The summed E-state index contributed by atoms with van der Waals surface area (Å²) in [6.07, 6.45) is 4.30. The van der Waals surface area contributed by atoms with Crippen LogP contribution >= 0.6 is 0 Å². The van der Waals surface area contributed by atoms with Gasteiger partial charge in [-0.05, 0) is 45.4 Å². The van der Waals surface area contributed by atoms with Crippen LogP contribution in [0.2, 0.25) is 0 Å². The summed E-state index contributed by atoms with van der Waals surface area (Å²) in [6.45, 7) is 15.1. The molecule has 1 N–H and O–H groups in total. The average molecular weight is 578 g/mol. The number of allylic oxidation sites excluding steroid dienone is 5. The van der Waals surface area contributed by atoms with Crippen LogP contribution in [0, 0.1) is 0 Å². The monoisotopic (exact) mass is 577 g/mol. The van der Waals surface area contributed by atoms with Crippen LogP contribution in [0.1, 0.15) is 52.7 Å². The van der Waals surface area contributed by atoms with E-state index >= 15 is 0 Å². The zero-order valence-electron chi connectivity index (χ0n) is 25.0. The SMILES string of the molecule is CCN(CC)C1=C(/C=C2/N(C)c3ccccc3C2(C)C)C(=O)/C1=C\C1=[N+](C)c2ccccc2C1(C)C.O=S(=O)([O-])O. The molecule has 8 nitrogen and oxygen atoms in total. The number of carbonyl (C=O) groups is 1. The number of ketones is 1. The first-order valence-corrected chi connectivity index (χ1v) is 15.1. The van der Waals surface area contributed by atoms with Crippen LogP contribution < -0.4 is 4.90 Å². The maximum atomic E-state index is 13.8. The highest BCUT2D eigenvalue weighted by Crippen LogP contribution is 2.48. The Morgan fingerprint density at radius 1 is 0.951 bits per heavy atom. The number of likely N-dealkylation sites (N-methyl/N-ethyl adjacent to an activating group) is 2. The van der Waals surface area contributed by atoms with Gasteiger partial charge in [-0.3, -0.25) is 9.35 Å². The molecule has 0 amide bonds. The summed E-state index contributed by atoms with van der Waals surface area (Å²) in [6, 6.07) is 17.1.